The van der Waals surface area contributed by atoms with E-state index in [1.54, 1.807) is 42.5 Å². The van der Waals surface area contributed by atoms with Gasteiger partial charge in [-0.3, -0.25) is 4.79 Å². The Bertz CT molecular complexity index is 649. The molecule has 0 atom stereocenters. The maximum atomic E-state index is 11.7. The highest BCUT2D eigenvalue weighted by molar-refractivity contribution is 5.69. The molecule has 0 spiro atoms. The maximum absolute atomic E-state index is 11.7. The highest BCUT2D eigenvalue weighted by atomic mass is 16.5. The number of carbonyl (C=O) groups excluding carboxylic acids is 1. The molecule has 23 heavy (non-hydrogen) atoms. The van der Waals surface area contributed by atoms with Crippen molar-refractivity contribution in [3.63, 3.8) is 0 Å². The van der Waals surface area contributed by atoms with E-state index in [2.05, 4.69) is 0 Å². The van der Waals surface area contributed by atoms with Crippen molar-refractivity contribution in [3.8, 4) is 17.2 Å². The molecule has 0 aromatic heterocycles. The van der Waals surface area contributed by atoms with Gasteiger partial charge < -0.3 is 19.7 Å². The Morgan fingerprint density at radius 1 is 1.00 bits per heavy atom. The molecule has 0 saturated heterocycles. The molecule has 2 rings (SSSR count). The smallest absolute Gasteiger partial charge is 0.306 e. The van der Waals surface area contributed by atoms with Gasteiger partial charge in [0.1, 0.15) is 5.75 Å². The summed E-state index contributed by atoms with van der Waals surface area (Å²) in [6.07, 6.45) is 1.40. The predicted molar refractivity (Wildman–Crippen MR) is 85.7 cm³/mol. The van der Waals surface area contributed by atoms with Crippen LogP contribution in [0, 0.1) is 0 Å². The van der Waals surface area contributed by atoms with Gasteiger partial charge in [0.15, 0.2) is 11.5 Å². The van der Waals surface area contributed by atoms with Crippen LogP contribution in [0.15, 0.2) is 42.5 Å². The zero-order valence-electron chi connectivity index (χ0n) is 13.0. The van der Waals surface area contributed by atoms with Crippen LogP contribution in [0.25, 0.3) is 0 Å². The summed E-state index contributed by atoms with van der Waals surface area (Å²) in [5.74, 6) is 0.418. The second kappa shape index (κ2) is 8.08. The molecule has 2 aromatic rings. The zero-order chi connectivity index (χ0) is 16.7. The van der Waals surface area contributed by atoms with Crippen LogP contribution in [0.2, 0.25) is 0 Å². The van der Waals surface area contributed by atoms with Crippen molar-refractivity contribution in [3.05, 3.63) is 53.6 Å². The normalized spacial score (nSPS) is 10.3. The van der Waals surface area contributed by atoms with Gasteiger partial charge in [0.05, 0.1) is 13.7 Å². The minimum absolute atomic E-state index is 0.0766. The molecule has 0 aliphatic rings. The van der Waals surface area contributed by atoms with Crippen molar-refractivity contribution in [2.75, 3.05) is 13.7 Å². The van der Waals surface area contributed by atoms with E-state index in [4.69, 9.17) is 9.47 Å². The molecular formula is C18H20O5. The van der Waals surface area contributed by atoms with Crippen LogP contribution < -0.4 is 4.74 Å². The summed E-state index contributed by atoms with van der Waals surface area (Å²) in [4.78, 5) is 11.7. The highest BCUT2D eigenvalue weighted by Crippen LogP contribution is 2.26. The largest absolute Gasteiger partial charge is 0.508 e. The van der Waals surface area contributed by atoms with Crippen LogP contribution in [0.1, 0.15) is 17.5 Å². The lowest BCUT2D eigenvalue weighted by Gasteiger charge is -2.07. The summed E-state index contributed by atoms with van der Waals surface area (Å²) in [5, 5.41) is 18.7. The zero-order valence-corrected chi connectivity index (χ0v) is 13.0. The number of aromatic hydroxyl groups is 2. The number of methoxy groups -OCH3 is 1. The van der Waals surface area contributed by atoms with Crippen LogP contribution in [0.3, 0.4) is 0 Å². The van der Waals surface area contributed by atoms with Crippen molar-refractivity contribution >= 4 is 5.97 Å². The maximum Gasteiger partial charge on any atom is 0.306 e. The Morgan fingerprint density at radius 2 is 1.70 bits per heavy atom. The van der Waals surface area contributed by atoms with Crippen molar-refractivity contribution in [1.29, 1.82) is 0 Å². The molecule has 5 heteroatoms. The van der Waals surface area contributed by atoms with Crippen LogP contribution in [0.4, 0.5) is 0 Å². The monoisotopic (exact) mass is 316 g/mol. The molecule has 5 nitrogen and oxygen atoms in total. The molecule has 0 bridgehead atoms. The van der Waals surface area contributed by atoms with E-state index in [1.165, 1.54) is 7.11 Å². The van der Waals surface area contributed by atoms with Gasteiger partial charge in [-0.25, -0.2) is 0 Å². The molecule has 0 heterocycles. The molecule has 0 aliphatic carbocycles. The summed E-state index contributed by atoms with van der Waals surface area (Å²) < 4.78 is 10.2. The summed E-state index contributed by atoms with van der Waals surface area (Å²) in [7, 11) is 1.48. The molecular weight excluding hydrogens is 296 g/mol. The summed E-state index contributed by atoms with van der Waals surface area (Å²) in [6.45, 7) is 0.308. The standard InChI is InChI=1S/C18H20O5/c1-22-17-12-14(4-8-16(17)20)5-9-18(21)23-11-10-13-2-6-15(19)7-3-13/h2-4,6-8,12,19-20H,5,9-11H2,1H3. The molecule has 0 aliphatic heterocycles. The second-order valence-electron chi connectivity index (χ2n) is 5.14. The van der Waals surface area contributed by atoms with Gasteiger partial charge in [-0.2, -0.15) is 0 Å². The number of phenolic OH excluding ortho intramolecular Hbond substituents is 2. The van der Waals surface area contributed by atoms with Crippen LogP contribution in [0.5, 0.6) is 17.2 Å². The summed E-state index contributed by atoms with van der Waals surface area (Å²) >= 11 is 0. The first kappa shape index (κ1) is 16.7. The average Bonchev–Trinajstić information content (AvgIpc) is 2.56. The molecule has 0 fully saturated rings. The van der Waals surface area contributed by atoms with E-state index < -0.39 is 0 Å². The minimum Gasteiger partial charge on any atom is -0.508 e. The fraction of sp³-hybridized carbons (Fsp3) is 0.278. The number of ether oxygens (including phenoxy) is 2. The lowest BCUT2D eigenvalue weighted by molar-refractivity contribution is -0.143. The number of esters is 1. The topological polar surface area (TPSA) is 76.0 Å². The molecule has 0 saturated carbocycles. The van der Waals surface area contributed by atoms with Crippen molar-refractivity contribution in [2.45, 2.75) is 19.3 Å². The Morgan fingerprint density at radius 3 is 2.39 bits per heavy atom. The van der Waals surface area contributed by atoms with Crippen LogP contribution in [-0.4, -0.2) is 29.9 Å². The van der Waals surface area contributed by atoms with E-state index in [1.807, 2.05) is 0 Å². The van der Waals surface area contributed by atoms with E-state index in [9.17, 15) is 15.0 Å². The first-order valence-corrected chi connectivity index (χ1v) is 7.38. The van der Waals surface area contributed by atoms with Crippen LogP contribution in [-0.2, 0) is 22.4 Å². The third kappa shape index (κ3) is 5.21. The van der Waals surface area contributed by atoms with Gasteiger partial charge in [-0.05, 0) is 41.8 Å². The summed E-state index contributed by atoms with van der Waals surface area (Å²) in [6, 6.07) is 11.8. The Hall–Kier alpha value is -2.69. The lowest BCUT2D eigenvalue weighted by Crippen LogP contribution is -2.08. The number of benzene rings is 2. The number of hydrogen-bond acceptors (Lipinski definition) is 5. The fourth-order valence-corrected chi connectivity index (χ4v) is 2.14. The number of rotatable bonds is 7. The lowest BCUT2D eigenvalue weighted by atomic mass is 10.1. The van der Waals surface area contributed by atoms with Gasteiger partial charge in [-0.15, -0.1) is 0 Å². The second-order valence-corrected chi connectivity index (χ2v) is 5.14. The van der Waals surface area contributed by atoms with Gasteiger partial charge in [0, 0.05) is 12.8 Å². The number of phenols is 2. The first-order chi connectivity index (χ1) is 11.1. The van der Waals surface area contributed by atoms with Crippen molar-refractivity contribution in [2.24, 2.45) is 0 Å². The fourth-order valence-electron chi connectivity index (χ4n) is 2.14. The molecule has 0 radical (unpaired) electrons. The predicted octanol–water partition coefficient (Wildman–Crippen LogP) is 2.82. The summed E-state index contributed by atoms with van der Waals surface area (Å²) in [5.41, 5.74) is 1.90. The van der Waals surface area contributed by atoms with Gasteiger partial charge in [-0.1, -0.05) is 18.2 Å². The van der Waals surface area contributed by atoms with Gasteiger partial charge in [0.2, 0.25) is 0 Å². The minimum atomic E-state index is -0.268. The molecule has 0 unspecified atom stereocenters. The van der Waals surface area contributed by atoms with Crippen molar-refractivity contribution < 1.29 is 24.5 Å². The quantitative estimate of drug-likeness (QED) is 0.768. The van der Waals surface area contributed by atoms with Crippen molar-refractivity contribution in [1.82, 2.24) is 0 Å². The van der Waals surface area contributed by atoms with E-state index >= 15 is 0 Å². The first-order valence-electron chi connectivity index (χ1n) is 7.38. The molecule has 0 amide bonds. The average molecular weight is 316 g/mol. The Kier molecular flexibility index (Phi) is 5.86. The SMILES string of the molecule is COc1cc(CCC(=O)OCCc2ccc(O)cc2)ccc1O. The third-order valence-electron chi connectivity index (χ3n) is 3.45. The van der Waals surface area contributed by atoms with E-state index in [-0.39, 0.29) is 23.9 Å². The Balaban J connectivity index is 1.73. The molecule has 122 valence electrons. The molecule has 2 N–H and O–H groups in total. The molecule has 2 aromatic carbocycles. The van der Waals surface area contributed by atoms with Crippen LogP contribution >= 0.6 is 0 Å². The van der Waals surface area contributed by atoms with E-state index in [0.717, 1.165) is 11.1 Å². The Labute approximate surface area is 135 Å². The van der Waals surface area contributed by atoms with Gasteiger partial charge in [0.25, 0.3) is 0 Å². The third-order valence-corrected chi connectivity index (χ3v) is 3.45. The number of aryl methyl sites for hydroxylation is 1. The van der Waals surface area contributed by atoms with E-state index in [0.29, 0.717) is 25.2 Å². The highest BCUT2D eigenvalue weighted by Gasteiger charge is 2.07. The number of hydrogen-bond donors (Lipinski definition) is 2. The van der Waals surface area contributed by atoms with Gasteiger partial charge >= 0.3 is 5.97 Å². The number of carbonyl (C=O) groups is 1.